The molecule has 7 heteroatoms. The van der Waals surface area contributed by atoms with E-state index >= 15 is 0 Å². The van der Waals surface area contributed by atoms with Gasteiger partial charge in [-0.3, -0.25) is 9.89 Å². The molecule has 6 nitrogen and oxygen atoms in total. The van der Waals surface area contributed by atoms with Gasteiger partial charge < -0.3 is 9.32 Å². The Balaban J connectivity index is 1.62. The first kappa shape index (κ1) is 15.4. The van der Waals surface area contributed by atoms with Crippen molar-refractivity contribution in [3.8, 4) is 11.6 Å². The molecule has 0 fully saturated rings. The number of hydrogen-bond acceptors (Lipinski definition) is 5. The molecule has 0 aliphatic rings. The van der Waals surface area contributed by atoms with E-state index in [1.165, 1.54) is 11.8 Å². The second kappa shape index (κ2) is 7.15. The van der Waals surface area contributed by atoms with E-state index in [1.807, 2.05) is 37.3 Å². The van der Waals surface area contributed by atoms with E-state index in [0.29, 0.717) is 23.3 Å². The molecule has 3 rings (SSSR count). The van der Waals surface area contributed by atoms with E-state index < -0.39 is 0 Å². The number of para-hydroxylation sites is 1. The smallest absolute Gasteiger partial charge is 0.237 e. The van der Waals surface area contributed by atoms with Crippen LogP contribution in [0, 0.1) is 0 Å². The number of thioether (sulfide) groups is 1. The van der Waals surface area contributed by atoms with Crippen LogP contribution in [0.5, 0.6) is 0 Å². The zero-order chi connectivity index (χ0) is 16.1. The van der Waals surface area contributed by atoms with E-state index in [-0.39, 0.29) is 11.7 Å². The molecule has 2 heterocycles. The number of carbonyl (C=O) groups excluding carboxylic acids is 1. The van der Waals surface area contributed by atoms with Gasteiger partial charge in [0.25, 0.3) is 0 Å². The van der Waals surface area contributed by atoms with Gasteiger partial charge in [0.05, 0.1) is 12.0 Å². The van der Waals surface area contributed by atoms with E-state index in [2.05, 4.69) is 15.2 Å². The second-order valence-electron chi connectivity index (χ2n) is 4.71. The van der Waals surface area contributed by atoms with Gasteiger partial charge in [0.2, 0.25) is 11.1 Å². The lowest BCUT2D eigenvalue weighted by atomic mass is 10.3. The zero-order valence-corrected chi connectivity index (χ0v) is 13.4. The Hall–Kier alpha value is -2.54. The Kier molecular flexibility index (Phi) is 4.77. The third-order valence-electron chi connectivity index (χ3n) is 3.23. The van der Waals surface area contributed by atoms with Gasteiger partial charge in [0.15, 0.2) is 11.6 Å². The minimum atomic E-state index is 0.0213. The second-order valence-corrected chi connectivity index (χ2v) is 5.65. The van der Waals surface area contributed by atoms with E-state index in [9.17, 15) is 4.79 Å². The number of aromatic nitrogens is 3. The molecular weight excluding hydrogens is 312 g/mol. The van der Waals surface area contributed by atoms with Crippen LogP contribution in [-0.4, -0.2) is 33.4 Å². The third-order valence-corrected chi connectivity index (χ3v) is 4.06. The molecular formula is C16H16N4O2S. The van der Waals surface area contributed by atoms with Crippen LogP contribution in [0.25, 0.3) is 11.6 Å². The molecule has 0 saturated carbocycles. The van der Waals surface area contributed by atoms with Gasteiger partial charge in [0, 0.05) is 12.2 Å². The summed E-state index contributed by atoms with van der Waals surface area (Å²) in [6.45, 7) is 2.58. The topological polar surface area (TPSA) is 75.0 Å². The van der Waals surface area contributed by atoms with Crippen molar-refractivity contribution in [1.82, 2.24) is 15.2 Å². The first-order valence-electron chi connectivity index (χ1n) is 7.22. The number of anilines is 1. The lowest BCUT2D eigenvalue weighted by Crippen LogP contribution is -2.32. The van der Waals surface area contributed by atoms with Crippen LogP contribution in [-0.2, 0) is 4.79 Å². The standard InChI is InChI=1S/C16H16N4O2S/c1-2-20(12-7-4-3-5-8-12)14(21)11-23-16-17-15(18-19-16)13-9-6-10-22-13/h3-10H,2,11H2,1H3,(H,17,18,19). The fourth-order valence-electron chi connectivity index (χ4n) is 2.15. The first-order valence-corrected chi connectivity index (χ1v) is 8.21. The molecule has 0 unspecified atom stereocenters. The number of rotatable bonds is 6. The van der Waals surface area contributed by atoms with Crippen molar-refractivity contribution in [1.29, 1.82) is 0 Å². The Bertz CT molecular complexity index is 756. The van der Waals surface area contributed by atoms with Crippen molar-refractivity contribution >= 4 is 23.4 Å². The summed E-state index contributed by atoms with van der Waals surface area (Å²) in [6.07, 6.45) is 1.58. The van der Waals surface area contributed by atoms with Gasteiger partial charge in [-0.2, -0.15) is 4.98 Å². The summed E-state index contributed by atoms with van der Waals surface area (Å²) < 4.78 is 5.25. The Morgan fingerprint density at radius 2 is 2.09 bits per heavy atom. The summed E-state index contributed by atoms with van der Waals surface area (Å²) in [5, 5.41) is 7.43. The molecule has 0 aliphatic heterocycles. The Morgan fingerprint density at radius 1 is 1.26 bits per heavy atom. The number of H-pyrrole nitrogens is 1. The summed E-state index contributed by atoms with van der Waals surface area (Å²) in [5.41, 5.74) is 0.895. The molecule has 0 atom stereocenters. The van der Waals surface area contributed by atoms with E-state index in [1.54, 1.807) is 23.3 Å². The molecule has 0 aliphatic carbocycles. The molecule has 23 heavy (non-hydrogen) atoms. The van der Waals surface area contributed by atoms with Crippen molar-refractivity contribution < 1.29 is 9.21 Å². The number of furan rings is 1. The predicted octanol–water partition coefficient (Wildman–Crippen LogP) is 3.21. The highest BCUT2D eigenvalue weighted by atomic mass is 32.2. The lowest BCUT2D eigenvalue weighted by molar-refractivity contribution is -0.116. The maximum absolute atomic E-state index is 12.4. The van der Waals surface area contributed by atoms with Crippen LogP contribution in [0.1, 0.15) is 6.92 Å². The Morgan fingerprint density at radius 3 is 2.78 bits per heavy atom. The SMILES string of the molecule is CCN(C(=O)CSc1n[nH]c(-c2ccco2)n1)c1ccccc1. The molecule has 1 N–H and O–H groups in total. The van der Waals surface area contributed by atoms with E-state index in [4.69, 9.17) is 4.42 Å². The minimum Gasteiger partial charge on any atom is -0.461 e. The average molecular weight is 328 g/mol. The normalized spacial score (nSPS) is 10.7. The van der Waals surface area contributed by atoms with Crippen molar-refractivity contribution in [2.45, 2.75) is 12.1 Å². The van der Waals surface area contributed by atoms with Gasteiger partial charge in [0.1, 0.15) is 0 Å². The fourth-order valence-corrected chi connectivity index (χ4v) is 2.82. The van der Waals surface area contributed by atoms with Gasteiger partial charge in [-0.1, -0.05) is 30.0 Å². The van der Waals surface area contributed by atoms with Crippen molar-refractivity contribution in [2.24, 2.45) is 0 Å². The zero-order valence-electron chi connectivity index (χ0n) is 12.6. The number of nitrogens with one attached hydrogen (secondary N) is 1. The summed E-state index contributed by atoms with van der Waals surface area (Å²) in [4.78, 5) is 18.5. The van der Waals surface area contributed by atoms with Gasteiger partial charge in [-0.15, -0.1) is 5.10 Å². The molecule has 1 aromatic carbocycles. The summed E-state index contributed by atoms with van der Waals surface area (Å²) in [5.74, 6) is 1.47. The quantitative estimate of drug-likeness (QED) is 0.703. The molecule has 3 aromatic rings. The molecule has 0 radical (unpaired) electrons. The monoisotopic (exact) mass is 328 g/mol. The van der Waals surface area contributed by atoms with E-state index in [0.717, 1.165) is 5.69 Å². The Labute approximate surface area is 137 Å². The number of aromatic amines is 1. The highest BCUT2D eigenvalue weighted by Gasteiger charge is 2.16. The molecule has 1 amide bonds. The van der Waals surface area contributed by atoms with Gasteiger partial charge >= 0.3 is 0 Å². The highest BCUT2D eigenvalue weighted by Crippen LogP contribution is 2.21. The summed E-state index contributed by atoms with van der Waals surface area (Å²) in [7, 11) is 0. The largest absolute Gasteiger partial charge is 0.461 e. The molecule has 0 bridgehead atoms. The van der Waals surface area contributed by atoms with Crippen molar-refractivity contribution in [2.75, 3.05) is 17.2 Å². The first-order chi connectivity index (χ1) is 11.3. The van der Waals surface area contributed by atoms with Crippen LogP contribution in [0.3, 0.4) is 0 Å². The minimum absolute atomic E-state index is 0.0213. The third kappa shape index (κ3) is 3.62. The molecule has 2 aromatic heterocycles. The van der Waals surface area contributed by atoms with Crippen LogP contribution in [0.15, 0.2) is 58.3 Å². The maximum atomic E-state index is 12.4. The average Bonchev–Trinajstić information content (AvgIpc) is 3.26. The van der Waals surface area contributed by atoms with Gasteiger partial charge in [-0.25, -0.2) is 0 Å². The number of benzene rings is 1. The van der Waals surface area contributed by atoms with Crippen LogP contribution < -0.4 is 4.90 Å². The van der Waals surface area contributed by atoms with Gasteiger partial charge in [-0.05, 0) is 31.2 Å². The van der Waals surface area contributed by atoms with Crippen molar-refractivity contribution in [3.63, 3.8) is 0 Å². The molecule has 0 spiro atoms. The van der Waals surface area contributed by atoms with Crippen LogP contribution in [0.2, 0.25) is 0 Å². The van der Waals surface area contributed by atoms with Crippen LogP contribution in [0.4, 0.5) is 5.69 Å². The number of amides is 1. The summed E-state index contributed by atoms with van der Waals surface area (Å²) in [6, 6.07) is 13.2. The summed E-state index contributed by atoms with van der Waals surface area (Å²) >= 11 is 1.30. The predicted molar refractivity (Wildman–Crippen MR) is 89.3 cm³/mol. The van der Waals surface area contributed by atoms with Crippen molar-refractivity contribution in [3.05, 3.63) is 48.7 Å². The highest BCUT2D eigenvalue weighted by molar-refractivity contribution is 7.99. The number of hydrogen-bond donors (Lipinski definition) is 1. The number of carbonyl (C=O) groups is 1. The fraction of sp³-hybridized carbons (Fsp3) is 0.188. The number of nitrogens with zero attached hydrogens (tertiary/aromatic N) is 3. The van der Waals surface area contributed by atoms with Crippen LogP contribution >= 0.6 is 11.8 Å². The molecule has 0 saturated heterocycles. The molecule has 118 valence electrons. The lowest BCUT2D eigenvalue weighted by Gasteiger charge is -2.20. The maximum Gasteiger partial charge on any atom is 0.237 e.